The first kappa shape index (κ1) is 38.5. The Morgan fingerprint density at radius 2 is 0.400 bits per heavy atom. The molecule has 0 unspecified atom stereocenters. The van der Waals surface area contributed by atoms with Crippen LogP contribution < -0.4 is 0 Å². The van der Waals surface area contributed by atoms with Crippen LogP contribution in [0.5, 0.6) is 0 Å². The van der Waals surface area contributed by atoms with Gasteiger partial charge in [0.2, 0.25) is 0 Å². The van der Waals surface area contributed by atoms with Gasteiger partial charge in [-0.05, 0) is 0 Å². The molecule has 0 aromatic carbocycles. The second-order valence-corrected chi connectivity index (χ2v) is 7.80. The van der Waals surface area contributed by atoms with Crippen LogP contribution in [0.4, 0.5) is 0 Å². The van der Waals surface area contributed by atoms with Gasteiger partial charge in [0, 0.05) is 13.8 Å². The molecule has 0 amide bonds. The van der Waals surface area contributed by atoms with Gasteiger partial charge in [-0.1, -0.05) is 0 Å². The molecule has 0 aliphatic heterocycles. The van der Waals surface area contributed by atoms with E-state index in [0.29, 0.717) is 132 Å². The van der Waals surface area contributed by atoms with Gasteiger partial charge in [0.15, 0.2) is 0 Å². The van der Waals surface area contributed by atoms with E-state index in [1.54, 1.807) is 0 Å². The molecule has 0 aliphatic carbocycles. The van der Waals surface area contributed by atoms with Gasteiger partial charge in [0.1, 0.15) is 13.2 Å². The zero-order valence-corrected chi connectivity index (χ0v) is 24.3. The monoisotopic (exact) mass is 586 g/mol. The van der Waals surface area contributed by atoms with Crippen LogP contribution in [-0.4, -0.2) is 157 Å². The summed E-state index contributed by atoms with van der Waals surface area (Å²) in [6.45, 7) is 12.6. The molecule has 0 fully saturated rings. The fraction of sp³-hybridized carbons (Fsp3) is 0.923. The van der Waals surface area contributed by atoms with Crippen molar-refractivity contribution in [2.75, 3.05) is 145 Å². The summed E-state index contributed by atoms with van der Waals surface area (Å²) in [6, 6.07) is 0. The molecule has 0 spiro atoms. The highest BCUT2D eigenvalue weighted by Gasteiger charge is 1.97. The Hall–Kier alpha value is -1.46. The zero-order valence-electron chi connectivity index (χ0n) is 24.3. The number of carbonyl (C=O) groups is 2. The van der Waals surface area contributed by atoms with E-state index in [2.05, 4.69) is 0 Å². The van der Waals surface area contributed by atoms with Crippen molar-refractivity contribution in [2.45, 2.75) is 13.8 Å². The Morgan fingerprint density at radius 3 is 0.525 bits per heavy atom. The van der Waals surface area contributed by atoms with Crippen molar-refractivity contribution < 1.29 is 66.4 Å². The lowest BCUT2D eigenvalue weighted by Crippen LogP contribution is -2.15. The number of esters is 2. The molecule has 0 rings (SSSR count). The van der Waals surface area contributed by atoms with Crippen LogP contribution >= 0.6 is 0 Å². The van der Waals surface area contributed by atoms with Crippen molar-refractivity contribution in [3.8, 4) is 0 Å². The highest BCUT2D eigenvalue weighted by atomic mass is 16.6. The molecule has 40 heavy (non-hydrogen) atoms. The average molecular weight is 587 g/mol. The Morgan fingerprint density at radius 1 is 0.275 bits per heavy atom. The minimum atomic E-state index is -0.314. The molecular weight excluding hydrogens is 536 g/mol. The zero-order chi connectivity index (χ0) is 29.2. The standard InChI is InChI=1S/C26H50O14/c1-25(27)39-23-21-37-19-17-35-15-13-33-11-9-31-7-5-29-3-4-30-6-8-32-10-12-34-14-16-36-18-20-38-22-24-40-26(2)28/h3-24H2,1-2H3. The summed E-state index contributed by atoms with van der Waals surface area (Å²) in [5, 5.41) is 0. The highest BCUT2D eigenvalue weighted by Crippen LogP contribution is 1.87. The third-order valence-electron chi connectivity index (χ3n) is 4.41. The fourth-order valence-electron chi connectivity index (χ4n) is 2.57. The Labute approximate surface area is 238 Å². The topological polar surface area (TPSA) is 145 Å². The SMILES string of the molecule is CC(=O)OCCOCCOCCOCCOCCOCCOCCOCCOCCOCCOCCOC(C)=O. The lowest BCUT2D eigenvalue weighted by Gasteiger charge is -2.09. The van der Waals surface area contributed by atoms with Crippen LogP contribution in [0, 0.1) is 0 Å². The molecule has 238 valence electrons. The van der Waals surface area contributed by atoms with Crippen LogP contribution in [-0.2, 0) is 66.4 Å². The molecular formula is C26H50O14. The minimum Gasteiger partial charge on any atom is -0.463 e. The van der Waals surface area contributed by atoms with Crippen molar-refractivity contribution in [1.82, 2.24) is 0 Å². The predicted molar refractivity (Wildman–Crippen MR) is 141 cm³/mol. The molecule has 0 radical (unpaired) electrons. The van der Waals surface area contributed by atoms with Crippen molar-refractivity contribution in [2.24, 2.45) is 0 Å². The van der Waals surface area contributed by atoms with Crippen molar-refractivity contribution in [3.63, 3.8) is 0 Å². The molecule has 0 N–H and O–H groups in total. The molecule has 0 aliphatic rings. The summed E-state index contributed by atoms with van der Waals surface area (Å²) in [5.74, 6) is -0.628. The first-order valence-electron chi connectivity index (χ1n) is 13.7. The Kier molecular flexibility index (Phi) is 32.5. The maximum absolute atomic E-state index is 10.6. The summed E-state index contributed by atoms with van der Waals surface area (Å²) >= 11 is 0. The van der Waals surface area contributed by atoms with Gasteiger partial charge < -0.3 is 56.8 Å². The van der Waals surface area contributed by atoms with Crippen LogP contribution in [0.15, 0.2) is 0 Å². The van der Waals surface area contributed by atoms with Crippen LogP contribution in [0.1, 0.15) is 13.8 Å². The number of hydrogen-bond acceptors (Lipinski definition) is 14. The molecule has 14 nitrogen and oxygen atoms in total. The number of carbonyl (C=O) groups excluding carboxylic acids is 2. The Balaban J connectivity index is 3.04. The second-order valence-electron chi connectivity index (χ2n) is 7.80. The number of rotatable bonds is 33. The largest absolute Gasteiger partial charge is 0.463 e. The molecule has 0 saturated carbocycles. The maximum Gasteiger partial charge on any atom is 0.302 e. The molecule has 0 aromatic heterocycles. The van der Waals surface area contributed by atoms with Gasteiger partial charge >= 0.3 is 11.9 Å². The van der Waals surface area contributed by atoms with Gasteiger partial charge in [-0.25, -0.2) is 0 Å². The van der Waals surface area contributed by atoms with E-state index in [-0.39, 0.29) is 25.2 Å². The second kappa shape index (κ2) is 33.7. The minimum absolute atomic E-state index is 0.255. The molecule has 0 bridgehead atoms. The molecule has 0 saturated heterocycles. The summed E-state index contributed by atoms with van der Waals surface area (Å²) < 4.78 is 63.3. The van der Waals surface area contributed by atoms with Gasteiger partial charge in [0.25, 0.3) is 0 Å². The molecule has 14 heteroatoms. The Bertz CT molecular complexity index is 492. The van der Waals surface area contributed by atoms with Gasteiger partial charge in [0.05, 0.1) is 132 Å². The highest BCUT2D eigenvalue weighted by molar-refractivity contribution is 5.66. The van der Waals surface area contributed by atoms with E-state index in [4.69, 9.17) is 56.8 Å². The fourth-order valence-corrected chi connectivity index (χ4v) is 2.57. The predicted octanol–water partition coefficient (Wildman–Crippen LogP) is 0.279. The maximum atomic E-state index is 10.6. The first-order chi connectivity index (χ1) is 19.6. The number of hydrogen-bond donors (Lipinski definition) is 0. The summed E-state index contributed by atoms with van der Waals surface area (Å²) in [7, 11) is 0. The van der Waals surface area contributed by atoms with Crippen LogP contribution in [0.3, 0.4) is 0 Å². The molecule has 0 atom stereocenters. The van der Waals surface area contributed by atoms with E-state index >= 15 is 0 Å². The van der Waals surface area contributed by atoms with E-state index in [1.807, 2.05) is 0 Å². The summed E-state index contributed by atoms with van der Waals surface area (Å²) in [5.41, 5.74) is 0. The van der Waals surface area contributed by atoms with Gasteiger partial charge in [-0.2, -0.15) is 0 Å². The number of ether oxygens (including phenoxy) is 12. The third kappa shape index (κ3) is 36.5. The van der Waals surface area contributed by atoms with E-state index < -0.39 is 0 Å². The first-order valence-corrected chi connectivity index (χ1v) is 13.7. The van der Waals surface area contributed by atoms with Gasteiger partial charge in [-0.3, -0.25) is 9.59 Å². The van der Waals surface area contributed by atoms with E-state index in [1.165, 1.54) is 13.8 Å². The average Bonchev–Trinajstić information content (AvgIpc) is 2.93. The van der Waals surface area contributed by atoms with Crippen LogP contribution in [0.25, 0.3) is 0 Å². The quantitative estimate of drug-likeness (QED) is 0.0766. The van der Waals surface area contributed by atoms with E-state index in [0.717, 1.165) is 0 Å². The molecule has 0 heterocycles. The smallest absolute Gasteiger partial charge is 0.302 e. The summed E-state index contributed by atoms with van der Waals surface area (Å²) in [6.07, 6.45) is 0. The van der Waals surface area contributed by atoms with Gasteiger partial charge in [-0.15, -0.1) is 0 Å². The lowest BCUT2D eigenvalue weighted by atomic mass is 10.6. The van der Waals surface area contributed by atoms with Crippen molar-refractivity contribution in [1.29, 1.82) is 0 Å². The van der Waals surface area contributed by atoms with Crippen LogP contribution in [0.2, 0.25) is 0 Å². The molecule has 0 aromatic rings. The van der Waals surface area contributed by atoms with E-state index in [9.17, 15) is 9.59 Å². The lowest BCUT2D eigenvalue weighted by molar-refractivity contribution is -0.143. The van der Waals surface area contributed by atoms with Crippen molar-refractivity contribution in [3.05, 3.63) is 0 Å². The third-order valence-corrected chi connectivity index (χ3v) is 4.41. The normalized spacial score (nSPS) is 11.2. The van der Waals surface area contributed by atoms with Crippen molar-refractivity contribution >= 4 is 11.9 Å². The summed E-state index contributed by atoms with van der Waals surface area (Å²) in [4.78, 5) is 21.1.